The minimum absolute atomic E-state index is 0.125. The van der Waals surface area contributed by atoms with Crippen molar-refractivity contribution in [3.63, 3.8) is 0 Å². The maximum Gasteiger partial charge on any atom is 0.165 e. The molecule has 0 aromatic heterocycles. The Hall–Kier alpha value is -1.81. The summed E-state index contributed by atoms with van der Waals surface area (Å²) in [5, 5.41) is 9.99. The van der Waals surface area contributed by atoms with Crippen LogP contribution in [-0.4, -0.2) is 35.5 Å². The lowest BCUT2D eigenvalue weighted by molar-refractivity contribution is -0.116. The molecule has 0 saturated carbocycles. The van der Waals surface area contributed by atoms with Crippen molar-refractivity contribution in [3.8, 4) is 11.5 Å². The number of benzene rings is 1. The van der Waals surface area contributed by atoms with E-state index in [2.05, 4.69) is 11.9 Å². The van der Waals surface area contributed by atoms with Crippen LogP contribution >= 0.6 is 0 Å². The number of carbonyl (C=O) groups excluding carboxylic acids is 1. The van der Waals surface area contributed by atoms with Gasteiger partial charge in [-0.15, -0.1) is 0 Å². The zero-order chi connectivity index (χ0) is 13.1. The summed E-state index contributed by atoms with van der Waals surface area (Å²) in [7, 11) is 2.05. The van der Waals surface area contributed by atoms with Crippen molar-refractivity contribution < 1.29 is 14.6 Å². The Kier molecular flexibility index (Phi) is 2.10. The van der Waals surface area contributed by atoms with E-state index in [1.54, 1.807) is 12.1 Å². The third-order valence-corrected chi connectivity index (χ3v) is 4.26. The molecular weight excluding hydrogens is 242 g/mol. The van der Waals surface area contributed by atoms with Gasteiger partial charge in [0.2, 0.25) is 0 Å². The molecule has 4 rings (SSSR count). The van der Waals surface area contributed by atoms with Crippen molar-refractivity contribution in [2.45, 2.75) is 25.0 Å². The van der Waals surface area contributed by atoms with E-state index in [4.69, 9.17) is 4.74 Å². The first-order valence-electron chi connectivity index (χ1n) is 6.56. The predicted molar refractivity (Wildman–Crippen MR) is 69.3 cm³/mol. The summed E-state index contributed by atoms with van der Waals surface area (Å²) in [6, 6.07) is 3.66. The van der Waals surface area contributed by atoms with Crippen LogP contribution in [-0.2, 0) is 11.3 Å². The molecule has 1 aromatic rings. The number of aromatic hydroxyl groups is 1. The molecule has 0 bridgehead atoms. The molecule has 0 radical (unpaired) electrons. The highest BCUT2D eigenvalue weighted by Gasteiger charge is 2.44. The van der Waals surface area contributed by atoms with E-state index in [9.17, 15) is 9.90 Å². The zero-order valence-electron chi connectivity index (χ0n) is 10.7. The summed E-state index contributed by atoms with van der Waals surface area (Å²) < 4.78 is 5.86. The van der Waals surface area contributed by atoms with Crippen LogP contribution in [0.4, 0.5) is 0 Å². The Labute approximate surface area is 111 Å². The highest BCUT2D eigenvalue weighted by atomic mass is 16.5. The number of rotatable bonds is 0. The van der Waals surface area contributed by atoms with Gasteiger partial charge in [0.05, 0.1) is 0 Å². The molecule has 0 fully saturated rings. The molecule has 3 aliphatic rings. The van der Waals surface area contributed by atoms with Crippen LogP contribution < -0.4 is 4.74 Å². The highest BCUT2D eigenvalue weighted by Crippen LogP contribution is 2.52. The van der Waals surface area contributed by atoms with E-state index in [0.717, 1.165) is 24.2 Å². The third kappa shape index (κ3) is 1.46. The summed E-state index contributed by atoms with van der Waals surface area (Å²) in [6.45, 7) is 1.60. The molecule has 2 aliphatic heterocycles. The van der Waals surface area contributed by atoms with Crippen molar-refractivity contribution in [1.29, 1.82) is 0 Å². The molecule has 2 unspecified atom stereocenters. The van der Waals surface area contributed by atoms with Crippen LogP contribution in [0.2, 0.25) is 0 Å². The van der Waals surface area contributed by atoms with Crippen LogP contribution in [0, 0.1) is 0 Å². The molecular formula is C15H15NO3. The molecule has 4 nitrogen and oxygen atoms in total. The van der Waals surface area contributed by atoms with E-state index in [-0.39, 0.29) is 23.6 Å². The second kappa shape index (κ2) is 3.61. The maximum atomic E-state index is 11.8. The summed E-state index contributed by atoms with van der Waals surface area (Å²) in [4.78, 5) is 14.0. The van der Waals surface area contributed by atoms with Gasteiger partial charge in [0.1, 0.15) is 6.10 Å². The fourth-order valence-electron chi connectivity index (χ4n) is 3.58. The van der Waals surface area contributed by atoms with Gasteiger partial charge >= 0.3 is 0 Å². The normalized spacial score (nSPS) is 28.5. The van der Waals surface area contributed by atoms with Gasteiger partial charge in [-0.2, -0.15) is 0 Å². The largest absolute Gasteiger partial charge is 0.504 e. The number of carbonyl (C=O) groups is 1. The van der Waals surface area contributed by atoms with Gasteiger partial charge < -0.3 is 9.84 Å². The van der Waals surface area contributed by atoms with Crippen molar-refractivity contribution in [2.75, 3.05) is 13.6 Å². The first-order chi connectivity index (χ1) is 9.13. The Morgan fingerprint density at radius 3 is 3.05 bits per heavy atom. The van der Waals surface area contributed by atoms with Gasteiger partial charge in [0, 0.05) is 31.0 Å². The van der Waals surface area contributed by atoms with Crippen LogP contribution in [0.5, 0.6) is 11.5 Å². The molecule has 2 heterocycles. The summed E-state index contributed by atoms with van der Waals surface area (Å²) in [5.74, 6) is 1.04. The molecule has 1 aliphatic carbocycles. The van der Waals surface area contributed by atoms with Gasteiger partial charge in [0.25, 0.3) is 0 Å². The lowest BCUT2D eigenvalue weighted by Crippen LogP contribution is -2.30. The Morgan fingerprint density at radius 2 is 2.21 bits per heavy atom. The number of ketones is 1. The first-order valence-corrected chi connectivity index (χ1v) is 6.56. The van der Waals surface area contributed by atoms with Gasteiger partial charge in [0.15, 0.2) is 17.3 Å². The van der Waals surface area contributed by atoms with Crippen LogP contribution in [0.15, 0.2) is 23.8 Å². The standard InChI is InChI=1S/C15H15NO3/c1-16-6-8-2-3-11(18)15-14(8)13-9(7-16)4-10(17)5-12(13)19-15/h2-4,12-13,18H,5-7H2,1H3. The quantitative estimate of drug-likeness (QED) is 0.766. The SMILES string of the molecule is CN1CC2=CC(=O)CC3Oc4c(O)ccc(c4C23)C1. The second-order valence-electron chi connectivity index (χ2n) is 5.68. The monoisotopic (exact) mass is 257 g/mol. The van der Waals surface area contributed by atoms with Crippen molar-refractivity contribution >= 4 is 5.78 Å². The number of phenolic OH excluding ortho intramolecular Hbond substituents is 1. The van der Waals surface area contributed by atoms with Crippen molar-refractivity contribution in [1.82, 2.24) is 4.90 Å². The molecule has 98 valence electrons. The number of phenols is 1. The van der Waals surface area contributed by atoms with Crippen molar-refractivity contribution in [2.24, 2.45) is 0 Å². The molecule has 0 saturated heterocycles. The van der Waals surface area contributed by atoms with Gasteiger partial charge in [-0.1, -0.05) is 6.07 Å². The fourth-order valence-corrected chi connectivity index (χ4v) is 3.58. The number of likely N-dealkylation sites (N-methyl/N-ethyl adjacent to an activating group) is 1. The molecule has 19 heavy (non-hydrogen) atoms. The summed E-state index contributed by atoms with van der Waals surface area (Å²) in [5.41, 5.74) is 3.40. The third-order valence-electron chi connectivity index (χ3n) is 4.26. The molecule has 1 N–H and O–H groups in total. The molecule has 2 atom stereocenters. The number of allylic oxidation sites excluding steroid dienone is 1. The Bertz CT molecular complexity index is 620. The molecule has 1 aromatic carbocycles. The summed E-state index contributed by atoms with van der Waals surface area (Å²) >= 11 is 0. The molecule has 4 heteroatoms. The lowest BCUT2D eigenvalue weighted by Gasteiger charge is -2.25. The Balaban J connectivity index is 1.98. The van der Waals surface area contributed by atoms with E-state index in [1.807, 2.05) is 6.07 Å². The fraction of sp³-hybridized carbons (Fsp3) is 0.400. The van der Waals surface area contributed by atoms with Gasteiger partial charge in [-0.3, -0.25) is 9.69 Å². The maximum absolute atomic E-state index is 11.8. The number of hydrogen-bond donors (Lipinski definition) is 1. The van der Waals surface area contributed by atoms with E-state index in [0.29, 0.717) is 12.2 Å². The summed E-state index contributed by atoms with van der Waals surface area (Å²) in [6.07, 6.45) is 2.04. The van der Waals surface area contributed by atoms with Crippen molar-refractivity contribution in [3.05, 3.63) is 34.9 Å². The molecule has 0 amide bonds. The topological polar surface area (TPSA) is 49.8 Å². The number of hydrogen-bond acceptors (Lipinski definition) is 4. The van der Waals surface area contributed by atoms with Gasteiger partial charge in [-0.25, -0.2) is 0 Å². The highest BCUT2D eigenvalue weighted by molar-refractivity contribution is 5.93. The number of nitrogens with zero attached hydrogens (tertiary/aromatic N) is 1. The average Bonchev–Trinajstić information content (AvgIpc) is 2.65. The molecule has 0 spiro atoms. The van der Waals surface area contributed by atoms with E-state index >= 15 is 0 Å². The predicted octanol–water partition coefficient (Wildman–Crippen LogP) is 1.58. The zero-order valence-corrected chi connectivity index (χ0v) is 10.7. The van der Waals surface area contributed by atoms with Crippen LogP contribution in [0.1, 0.15) is 23.5 Å². The van der Waals surface area contributed by atoms with E-state index < -0.39 is 0 Å². The van der Waals surface area contributed by atoms with E-state index in [1.165, 1.54) is 5.56 Å². The van der Waals surface area contributed by atoms with Gasteiger partial charge in [-0.05, 0) is 30.3 Å². The second-order valence-corrected chi connectivity index (χ2v) is 5.68. The van der Waals surface area contributed by atoms with Crippen LogP contribution in [0.25, 0.3) is 0 Å². The van der Waals surface area contributed by atoms with Crippen LogP contribution in [0.3, 0.4) is 0 Å². The minimum Gasteiger partial charge on any atom is -0.504 e. The average molecular weight is 257 g/mol. The first kappa shape index (κ1) is 11.1. The number of ether oxygens (including phenoxy) is 1. The minimum atomic E-state index is -0.138. The lowest BCUT2D eigenvalue weighted by atomic mass is 9.80. The smallest absolute Gasteiger partial charge is 0.165 e. The Morgan fingerprint density at radius 1 is 1.37 bits per heavy atom.